The third kappa shape index (κ3) is 4.13. The van der Waals surface area contributed by atoms with Gasteiger partial charge in [0.2, 0.25) is 5.91 Å². The predicted molar refractivity (Wildman–Crippen MR) is 92.5 cm³/mol. The number of hydrogen-bond acceptors (Lipinski definition) is 3. The first-order chi connectivity index (χ1) is 11.2. The number of imide groups is 1. The van der Waals surface area contributed by atoms with Crippen LogP contribution in [0, 0.1) is 12.8 Å². The zero-order valence-electron chi connectivity index (χ0n) is 14.7. The zero-order chi connectivity index (χ0) is 17.9. The first-order valence-electron chi connectivity index (χ1n) is 8.22. The fourth-order valence-electron chi connectivity index (χ4n) is 2.62. The maximum Gasteiger partial charge on any atom is 0.325 e. The molecule has 0 aliphatic carbocycles. The van der Waals surface area contributed by atoms with E-state index in [1.807, 2.05) is 19.1 Å². The molecule has 6 nitrogen and oxygen atoms in total. The second-order valence-electron chi connectivity index (χ2n) is 7.00. The lowest BCUT2D eigenvalue weighted by molar-refractivity contribution is -0.133. The molecule has 1 heterocycles. The van der Waals surface area contributed by atoms with Crippen molar-refractivity contribution in [2.24, 2.45) is 5.92 Å². The van der Waals surface area contributed by atoms with Crippen molar-refractivity contribution in [3.8, 4) is 0 Å². The SMILES string of the molecule is Cc1ccc(NC(=O)CN2C(=O)NC(C)(CCC(C)C)C2=O)cc1. The van der Waals surface area contributed by atoms with Crippen molar-refractivity contribution in [1.29, 1.82) is 0 Å². The van der Waals surface area contributed by atoms with Gasteiger partial charge in [-0.1, -0.05) is 31.5 Å². The van der Waals surface area contributed by atoms with E-state index < -0.39 is 17.5 Å². The van der Waals surface area contributed by atoms with E-state index in [9.17, 15) is 14.4 Å². The molecule has 2 N–H and O–H groups in total. The third-order valence-electron chi connectivity index (χ3n) is 4.20. The second kappa shape index (κ2) is 7.03. The summed E-state index contributed by atoms with van der Waals surface area (Å²) in [5.41, 5.74) is 0.800. The Morgan fingerprint density at radius 2 is 1.88 bits per heavy atom. The normalized spacial score (nSPS) is 20.5. The number of carbonyl (C=O) groups is 3. The number of nitrogens with one attached hydrogen (secondary N) is 2. The lowest BCUT2D eigenvalue weighted by atomic mass is 9.92. The minimum absolute atomic E-state index is 0.282. The Morgan fingerprint density at radius 1 is 1.25 bits per heavy atom. The van der Waals surface area contributed by atoms with E-state index in [1.165, 1.54) is 0 Å². The smallest absolute Gasteiger partial charge is 0.325 e. The highest BCUT2D eigenvalue weighted by molar-refractivity contribution is 6.09. The van der Waals surface area contributed by atoms with Crippen LogP contribution in [0.1, 0.15) is 39.2 Å². The molecular weight excluding hydrogens is 306 g/mol. The molecule has 6 heteroatoms. The van der Waals surface area contributed by atoms with Gasteiger partial charge in [0.1, 0.15) is 12.1 Å². The largest absolute Gasteiger partial charge is 0.325 e. The predicted octanol–water partition coefficient (Wildman–Crippen LogP) is 2.68. The Morgan fingerprint density at radius 3 is 2.46 bits per heavy atom. The summed E-state index contributed by atoms with van der Waals surface area (Å²) in [5.74, 6) is -0.298. The number of hydrogen-bond donors (Lipinski definition) is 2. The van der Waals surface area contributed by atoms with E-state index in [0.29, 0.717) is 18.0 Å². The van der Waals surface area contributed by atoms with Gasteiger partial charge in [0, 0.05) is 5.69 Å². The molecule has 0 saturated carbocycles. The van der Waals surface area contributed by atoms with E-state index in [-0.39, 0.29) is 12.5 Å². The number of anilines is 1. The first kappa shape index (κ1) is 18.0. The molecule has 1 aliphatic heterocycles. The summed E-state index contributed by atoms with van der Waals surface area (Å²) >= 11 is 0. The van der Waals surface area contributed by atoms with E-state index in [0.717, 1.165) is 16.9 Å². The van der Waals surface area contributed by atoms with Crippen molar-refractivity contribution >= 4 is 23.5 Å². The van der Waals surface area contributed by atoms with Gasteiger partial charge in [-0.2, -0.15) is 0 Å². The van der Waals surface area contributed by atoms with E-state index in [4.69, 9.17) is 0 Å². The van der Waals surface area contributed by atoms with Crippen LogP contribution in [0.5, 0.6) is 0 Å². The van der Waals surface area contributed by atoms with Crippen LogP contribution in [0.2, 0.25) is 0 Å². The zero-order valence-corrected chi connectivity index (χ0v) is 14.7. The second-order valence-corrected chi connectivity index (χ2v) is 7.00. The number of amides is 4. The average Bonchev–Trinajstić information content (AvgIpc) is 2.72. The Labute approximate surface area is 142 Å². The molecule has 1 atom stereocenters. The maximum atomic E-state index is 12.5. The molecule has 1 aromatic carbocycles. The van der Waals surface area contributed by atoms with Gasteiger partial charge in [-0.05, 0) is 44.7 Å². The molecule has 0 radical (unpaired) electrons. The molecule has 0 aromatic heterocycles. The number of benzene rings is 1. The highest BCUT2D eigenvalue weighted by Gasteiger charge is 2.47. The van der Waals surface area contributed by atoms with Crippen molar-refractivity contribution in [3.63, 3.8) is 0 Å². The average molecular weight is 331 g/mol. The first-order valence-corrected chi connectivity index (χ1v) is 8.22. The Kier molecular flexibility index (Phi) is 5.26. The fraction of sp³-hybridized carbons (Fsp3) is 0.500. The standard InChI is InChI=1S/C18H25N3O3/c1-12(2)9-10-18(4)16(23)21(17(24)20-18)11-15(22)19-14-7-5-13(3)6-8-14/h5-8,12H,9-11H2,1-4H3,(H,19,22)(H,20,24). The van der Waals surface area contributed by atoms with Gasteiger partial charge < -0.3 is 10.6 Å². The van der Waals surface area contributed by atoms with Crippen molar-refractivity contribution in [3.05, 3.63) is 29.8 Å². The molecule has 24 heavy (non-hydrogen) atoms. The maximum absolute atomic E-state index is 12.5. The number of carbonyl (C=O) groups excluding carboxylic acids is 3. The van der Waals surface area contributed by atoms with Crippen LogP contribution in [-0.2, 0) is 9.59 Å². The van der Waals surface area contributed by atoms with Gasteiger partial charge in [0.25, 0.3) is 5.91 Å². The molecule has 1 unspecified atom stereocenters. The number of rotatable bonds is 6. The minimum atomic E-state index is -0.925. The third-order valence-corrected chi connectivity index (χ3v) is 4.20. The van der Waals surface area contributed by atoms with Crippen molar-refractivity contribution in [1.82, 2.24) is 10.2 Å². The minimum Gasteiger partial charge on any atom is -0.325 e. The molecule has 130 valence electrons. The summed E-state index contributed by atoms with van der Waals surface area (Å²) in [5, 5.41) is 5.42. The van der Waals surface area contributed by atoms with Crippen LogP contribution >= 0.6 is 0 Å². The lowest BCUT2D eigenvalue weighted by Gasteiger charge is -2.22. The van der Waals surface area contributed by atoms with Crippen molar-refractivity contribution in [2.45, 2.75) is 46.1 Å². The molecule has 1 aromatic rings. The van der Waals surface area contributed by atoms with Gasteiger partial charge >= 0.3 is 6.03 Å². The number of nitrogens with zero attached hydrogens (tertiary/aromatic N) is 1. The van der Waals surface area contributed by atoms with Crippen LogP contribution < -0.4 is 10.6 Å². The molecule has 0 spiro atoms. The lowest BCUT2D eigenvalue weighted by Crippen LogP contribution is -2.44. The fourth-order valence-corrected chi connectivity index (χ4v) is 2.62. The molecule has 1 aliphatic rings. The van der Waals surface area contributed by atoms with Crippen molar-refractivity contribution < 1.29 is 14.4 Å². The topological polar surface area (TPSA) is 78.5 Å². The molecule has 1 fully saturated rings. The monoisotopic (exact) mass is 331 g/mol. The van der Waals surface area contributed by atoms with E-state index >= 15 is 0 Å². The van der Waals surface area contributed by atoms with Gasteiger partial charge in [-0.25, -0.2) is 4.79 Å². The Bertz CT molecular complexity index is 639. The summed E-state index contributed by atoms with van der Waals surface area (Å²) in [6.07, 6.45) is 1.39. The van der Waals surface area contributed by atoms with Crippen LogP contribution in [0.3, 0.4) is 0 Å². The molecule has 4 amide bonds. The molecule has 1 saturated heterocycles. The molecule has 2 rings (SSSR count). The van der Waals surface area contributed by atoms with E-state index in [2.05, 4.69) is 24.5 Å². The van der Waals surface area contributed by atoms with Crippen molar-refractivity contribution in [2.75, 3.05) is 11.9 Å². The highest BCUT2D eigenvalue weighted by atomic mass is 16.2. The van der Waals surface area contributed by atoms with Crippen LogP contribution in [-0.4, -0.2) is 34.8 Å². The summed E-state index contributed by atoms with van der Waals surface area (Å²) < 4.78 is 0. The molecular formula is C18H25N3O3. The van der Waals surface area contributed by atoms with Gasteiger partial charge in [0.05, 0.1) is 0 Å². The summed E-state index contributed by atoms with van der Waals surface area (Å²) in [6, 6.07) is 6.82. The summed E-state index contributed by atoms with van der Waals surface area (Å²) in [7, 11) is 0. The van der Waals surface area contributed by atoms with Crippen LogP contribution in [0.15, 0.2) is 24.3 Å². The van der Waals surface area contributed by atoms with Gasteiger partial charge in [-0.15, -0.1) is 0 Å². The quantitative estimate of drug-likeness (QED) is 0.787. The van der Waals surface area contributed by atoms with Gasteiger partial charge in [-0.3, -0.25) is 14.5 Å². The Balaban J connectivity index is 1.98. The van der Waals surface area contributed by atoms with E-state index in [1.54, 1.807) is 19.1 Å². The Hall–Kier alpha value is -2.37. The number of urea groups is 1. The summed E-state index contributed by atoms with van der Waals surface area (Å²) in [4.78, 5) is 37.8. The molecule has 0 bridgehead atoms. The highest BCUT2D eigenvalue weighted by Crippen LogP contribution is 2.24. The summed E-state index contributed by atoms with van der Waals surface area (Å²) in [6.45, 7) is 7.52. The van der Waals surface area contributed by atoms with Crippen LogP contribution in [0.25, 0.3) is 0 Å². The van der Waals surface area contributed by atoms with Crippen LogP contribution in [0.4, 0.5) is 10.5 Å². The number of aryl methyl sites for hydroxylation is 1. The van der Waals surface area contributed by atoms with Gasteiger partial charge in [0.15, 0.2) is 0 Å².